The zero-order valence-corrected chi connectivity index (χ0v) is 20.6. The van der Waals surface area contributed by atoms with Crippen LogP contribution in [-0.4, -0.2) is 17.9 Å². The van der Waals surface area contributed by atoms with Crippen molar-refractivity contribution in [1.29, 1.82) is 0 Å². The quantitative estimate of drug-likeness (QED) is 0.132. The summed E-state index contributed by atoms with van der Waals surface area (Å²) in [7, 11) is 0. The third-order valence-corrected chi connectivity index (χ3v) is 4.15. The van der Waals surface area contributed by atoms with E-state index in [0.29, 0.717) is 11.1 Å². The summed E-state index contributed by atoms with van der Waals surface area (Å²) in [5, 5.41) is 0. The fourth-order valence-electron chi connectivity index (χ4n) is 2.48. The molecular weight excluding hydrogens is 496 g/mol. The van der Waals surface area contributed by atoms with Gasteiger partial charge in [0, 0.05) is 29.5 Å². The van der Waals surface area contributed by atoms with Crippen LogP contribution in [0.4, 0.5) is 0 Å². The molecule has 0 bridgehead atoms. The third kappa shape index (κ3) is 10.5. The van der Waals surface area contributed by atoms with E-state index in [2.05, 4.69) is 66.4 Å². The molecule has 0 unspecified atom stereocenters. The Morgan fingerprint density at radius 3 is 1.87 bits per heavy atom. The Kier molecular flexibility index (Phi) is 11.7. The molecule has 0 aromatic heterocycles. The highest BCUT2D eigenvalue weighted by Crippen LogP contribution is 2.20. The van der Waals surface area contributed by atoms with E-state index in [9.17, 15) is 14.4 Å². The highest BCUT2D eigenvalue weighted by atomic mass is 16.7. The number of benzene rings is 2. The van der Waals surface area contributed by atoms with E-state index in [0.717, 1.165) is 12.2 Å². The number of ether oxygens (including phenoxy) is 4. The highest BCUT2D eigenvalue weighted by Gasteiger charge is 2.08. The molecule has 0 heterocycles. The molecule has 0 spiro atoms. The second-order valence-corrected chi connectivity index (χ2v) is 6.80. The van der Waals surface area contributed by atoms with Gasteiger partial charge in [0.2, 0.25) is 0 Å². The van der Waals surface area contributed by atoms with Crippen LogP contribution in [-0.2, 0) is 23.9 Å². The van der Waals surface area contributed by atoms with E-state index in [4.69, 9.17) is 18.9 Å². The Hall–Kier alpha value is -6.19. The van der Waals surface area contributed by atoms with Gasteiger partial charge in [-0.15, -0.1) is 0 Å². The molecule has 0 aliphatic heterocycles. The number of hydrogen-bond donors (Lipinski definition) is 0. The van der Waals surface area contributed by atoms with Gasteiger partial charge in [-0.05, 0) is 84.1 Å². The number of carbonyl (C=O) groups excluding carboxylic acids is 3. The molecule has 0 atom stereocenters. The van der Waals surface area contributed by atoms with Crippen molar-refractivity contribution < 1.29 is 33.3 Å². The van der Waals surface area contributed by atoms with Crippen molar-refractivity contribution in [2.24, 2.45) is 0 Å². The smallest absolute Gasteiger partial charge is 0.349 e. The molecular formula is C32H20O7. The van der Waals surface area contributed by atoms with Crippen LogP contribution in [0, 0.1) is 0 Å². The Balaban J connectivity index is 2.09. The van der Waals surface area contributed by atoms with Crippen molar-refractivity contribution >= 4 is 29.7 Å². The average Bonchev–Trinajstić information content (AvgIpc) is 2.94. The summed E-state index contributed by atoms with van der Waals surface area (Å²) in [6, 6.07) is 12.7. The lowest BCUT2D eigenvalue weighted by Crippen LogP contribution is -2.06. The van der Waals surface area contributed by atoms with Gasteiger partial charge in [0.05, 0.1) is 0 Å². The first kappa shape index (κ1) is 29.0. The van der Waals surface area contributed by atoms with Crippen molar-refractivity contribution in [1.82, 2.24) is 0 Å². The van der Waals surface area contributed by atoms with Crippen molar-refractivity contribution in [3.05, 3.63) is 150 Å². The predicted octanol–water partition coefficient (Wildman–Crippen LogP) is 5.67. The molecule has 190 valence electrons. The Bertz CT molecular complexity index is 1590. The van der Waals surface area contributed by atoms with Gasteiger partial charge < -0.3 is 18.9 Å². The first-order valence-corrected chi connectivity index (χ1v) is 10.9. The maximum atomic E-state index is 12.2. The monoisotopic (exact) mass is 516 g/mol. The van der Waals surface area contributed by atoms with Crippen molar-refractivity contribution in [2.75, 3.05) is 0 Å². The fraction of sp³-hybridized carbons (Fsp3) is 0. The van der Waals surface area contributed by atoms with Crippen LogP contribution >= 0.6 is 0 Å². The van der Waals surface area contributed by atoms with E-state index in [1.165, 1.54) is 30.3 Å². The fourth-order valence-corrected chi connectivity index (χ4v) is 2.48. The zero-order chi connectivity index (χ0) is 28.5. The molecule has 7 nitrogen and oxygen atoms in total. The molecule has 0 saturated heterocycles. The van der Waals surface area contributed by atoms with Crippen molar-refractivity contribution in [2.45, 2.75) is 0 Å². The number of rotatable bonds is 10. The van der Waals surface area contributed by atoms with Gasteiger partial charge in [-0.2, -0.15) is 0 Å². The maximum Gasteiger partial charge on any atom is 0.349 e. The van der Waals surface area contributed by atoms with Crippen LogP contribution in [0.3, 0.4) is 0 Å². The van der Waals surface area contributed by atoms with E-state index >= 15 is 0 Å². The van der Waals surface area contributed by atoms with Gasteiger partial charge in [0.1, 0.15) is 11.5 Å². The van der Waals surface area contributed by atoms with E-state index in [-0.39, 0.29) is 23.2 Å². The maximum absolute atomic E-state index is 12.2. The van der Waals surface area contributed by atoms with E-state index in [1.807, 2.05) is 0 Å². The lowest BCUT2D eigenvalue weighted by molar-refractivity contribution is -0.137. The average molecular weight is 517 g/mol. The van der Waals surface area contributed by atoms with Crippen molar-refractivity contribution in [3.8, 4) is 11.5 Å². The molecule has 2 rings (SSSR count). The van der Waals surface area contributed by atoms with Crippen LogP contribution in [0.1, 0.15) is 11.1 Å². The van der Waals surface area contributed by atoms with Gasteiger partial charge in [0.25, 0.3) is 0 Å². The molecule has 0 amide bonds. The topological polar surface area (TPSA) is 88.1 Å². The number of hydrogen-bond acceptors (Lipinski definition) is 7. The molecule has 0 aliphatic carbocycles. The Morgan fingerprint density at radius 1 is 0.667 bits per heavy atom. The lowest BCUT2D eigenvalue weighted by atomic mass is 10.1. The Morgan fingerprint density at radius 2 is 1.28 bits per heavy atom. The van der Waals surface area contributed by atoms with Crippen LogP contribution < -0.4 is 9.47 Å². The van der Waals surface area contributed by atoms with Gasteiger partial charge >= 0.3 is 23.9 Å². The third-order valence-electron chi connectivity index (χ3n) is 4.15. The first-order chi connectivity index (χ1) is 18.9. The van der Waals surface area contributed by atoms with Crippen LogP contribution in [0.15, 0.2) is 139 Å². The minimum atomic E-state index is -0.740. The van der Waals surface area contributed by atoms with E-state index < -0.39 is 17.9 Å². The minimum Gasteiger partial charge on any atom is -0.423 e. The molecule has 0 fully saturated rings. The first-order valence-electron chi connectivity index (χ1n) is 10.9. The zero-order valence-electron chi connectivity index (χ0n) is 20.6. The lowest BCUT2D eigenvalue weighted by Gasteiger charge is -2.07. The van der Waals surface area contributed by atoms with Gasteiger partial charge in [-0.1, -0.05) is 36.8 Å². The van der Waals surface area contributed by atoms with Crippen LogP contribution in [0.25, 0.3) is 11.8 Å². The van der Waals surface area contributed by atoms with Gasteiger partial charge in [0.15, 0.2) is 5.76 Å². The summed E-state index contributed by atoms with van der Waals surface area (Å²) in [6.45, 7) is 13.4. The molecule has 0 aliphatic rings. The summed E-state index contributed by atoms with van der Waals surface area (Å²) in [6.07, 6.45) is 4.77. The summed E-state index contributed by atoms with van der Waals surface area (Å²) in [5.74, 6) is -1.69. The van der Waals surface area contributed by atoms with Crippen LogP contribution in [0.5, 0.6) is 11.5 Å². The van der Waals surface area contributed by atoms with Gasteiger partial charge in [-0.25, -0.2) is 14.4 Å². The van der Waals surface area contributed by atoms with E-state index in [1.54, 1.807) is 30.3 Å². The summed E-state index contributed by atoms with van der Waals surface area (Å²) >= 11 is 0. The predicted molar refractivity (Wildman–Crippen MR) is 144 cm³/mol. The molecule has 2 aromatic rings. The minimum absolute atomic E-state index is 0.0858. The van der Waals surface area contributed by atoms with Crippen LogP contribution in [0.2, 0.25) is 0 Å². The van der Waals surface area contributed by atoms with Gasteiger partial charge in [-0.3, -0.25) is 0 Å². The molecule has 39 heavy (non-hydrogen) atoms. The summed E-state index contributed by atoms with van der Waals surface area (Å²) < 4.78 is 20.7. The number of carbonyl (C=O) groups is 3. The normalized spacial score (nSPS) is 8.92. The molecule has 0 saturated carbocycles. The Labute approximate surface area is 224 Å². The summed E-state index contributed by atoms with van der Waals surface area (Å²) in [5.41, 5.74) is 18.5. The molecule has 7 heteroatoms. The second-order valence-electron chi connectivity index (χ2n) is 6.80. The molecule has 0 N–H and O–H groups in total. The SMILES string of the molecule is C=C=C=C=C=C=C(OC(=O)C=C)c1ccc(C=CC(=O)Oc2ccc(OC(=C=C=C)OC(=O)C=C)cc2)cc1. The van der Waals surface area contributed by atoms with Crippen molar-refractivity contribution in [3.63, 3.8) is 0 Å². The largest absolute Gasteiger partial charge is 0.423 e. The standard InChI is InChI=1S/C32H20O7/c1-5-9-10-11-13-28(38-29(33)7-3)25-17-14-24(15-18-25)16-23-31(35)36-26-19-21-27(22-20-26)37-32(12-6-2)39-30(34)8-4/h7-8,14-23H,1-4H2. The number of esters is 3. The molecule has 2 aromatic carbocycles. The second kappa shape index (κ2) is 15.7. The molecule has 0 radical (unpaired) electrons. The highest BCUT2D eigenvalue weighted by molar-refractivity contribution is 5.89. The summed E-state index contributed by atoms with van der Waals surface area (Å²) in [4.78, 5) is 35.2.